The molecule has 0 aliphatic rings. The maximum Gasteiger partial charge on any atom is 0.130 e. The molecule has 0 aliphatic heterocycles. The minimum Gasteiger partial charge on any atom is -0.240 e. The molecule has 0 fully saturated rings. The fraction of sp³-hybridized carbons (Fsp3) is 0.231. The first-order valence-corrected chi connectivity index (χ1v) is 6.12. The summed E-state index contributed by atoms with van der Waals surface area (Å²) < 4.78 is 0. The van der Waals surface area contributed by atoms with Crippen LogP contribution in [0.15, 0.2) is 52.5 Å². The van der Waals surface area contributed by atoms with Gasteiger partial charge in [-0.05, 0) is 12.1 Å². The highest BCUT2D eigenvalue weighted by Gasteiger charge is 2.03. The summed E-state index contributed by atoms with van der Waals surface area (Å²) in [6.45, 7) is 4.19. The third-order valence-corrected chi connectivity index (χ3v) is 3.10. The van der Waals surface area contributed by atoms with E-state index in [2.05, 4.69) is 35.9 Å². The van der Waals surface area contributed by atoms with Gasteiger partial charge in [-0.3, -0.25) is 0 Å². The van der Waals surface area contributed by atoms with E-state index in [4.69, 9.17) is 0 Å². The highest BCUT2D eigenvalue weighted by Crippen LogP contribution is 2.26. The Kier molecular flexibility index (Phi) is 3.57. The van der Waals surface area contributed by atoms with Gasteiger partial charge in [-0.15, -0.1) is 0 Å². The van der Waals surface area contributed by atoms with Crippen molar-refractivity contribution in [3.8, 4) is 0 Å². The quantitative estimate of drug-likeness (QED) is 0.803. The number of nitrogens with zero attached hydrogens (tertiary/aromatic N) is 2. The first kappa shape index (κ1) is 11.1. The van der Waals surface area contributed by atoms with E-state index in [0.717, 1.165) is 10.7 Å². The van der Waals surface area contributed by atoms with Gasteiger partial charge in [0, 0.05) is 28.1 Å². The molecule has 2 nitrogen and oxygen atoms in total. The van der Waals surface area contributed by atoms with E-state index < -0.39 is 0 Å². The Balaban J connectivity index is 2.11. The Bertz CT molecular complexity index is 437. The van der Waals surface area contributed by atoms with Crippen molar-refractivity contribution in [2.75, 3.05) is 0 Å². The molecular weight excluding hydrogens is 216 g/mol. The smallest absolute Gasteiger partial charge is 0.130 e. The predicted molar refractivity (Wildman–Crippen MR) is 66.7 cm³/mol. The second-order valence-electron chi connectivity index (χ2n) is 3.85. The van der Waals surface area contributed by atoms with Crippen LogP contribution in [0.1, 0.15) is 25.6 Å². The van der Waals surface area contributed by atoms with E-state index >= 15 is 0 Å². The molecule has 0 aliphatic carbocycles. The zero-order chi connectivity index (χ0) is 11.4. The minimum atomic E-state index is 0.385. The summed E-state index contributed by atoms with van der Waals surface area (Å²) in [6, 6.07) is 10.3. The highest BCUT2D eigenvalue weighted by molar-refractivity contribution is 7.99. The second-order valence-corrected chi connectivity index (χ2v) is 4.99. The number of hydrogen-bond donors (Lipinski definition) is 0. The van der Waals surface area contributed by atoms with E-state index in [1.165, 1.54) is 4.90 Å². The van der Waals surface area contributed by atoms with Crippen LogP contribution in [0.25, 0.3) is 0 Å². The molecule has 0 unspecified atom stereocenters. The lowest BCUT2D eigenvalue weighted by atomic mass is 10.2. The van der Waals surface area contributed by atoms with Crippen molar-refractivity contribution in [2.24, 2.45) is 0 Å². The molecule has 0 saturated heterocycles. The zero-order valence-corrected chi connectivity index (χ0v) is 10.2. The van der Waals surface area contributed by atoms with Crippen LogP contribution in [0.3, 0.4) is 0 Å². The Morgan fingerprint density at radius 1 is 0.938 bits per heavy atom. The molecule has 3 heteroatoms. The average molecular weight is 230 g/mol. The molecule has 0 bridgehead atoms. The van der Waals surface area contributed by atoms with Gasteiger partial charge in [-0.2, -0.15) is 0 Å². The molecule has 2 aromatic rings. The molecule has 16 heavy (non-hydrogen) atoms. The molecule has 1 aromatic carbocycles. The number of benzene rings is 1. The Morgan fingerprint density at radius 3 is 2.12 bits per heavy atom. The molecule has 1 aromatic heterocycles. The van der Waals surface area contributed by atoms with Crippen molar-refractivity contribution in [2.45, 2.75) is 29.6 Å². The zero-order valence-electron chi connectivity index (χ0n) is 9.42. The van der Waals surface area contributed by atoms with Crippen LogP contribution in [-0.2, 0) is 0 Å². The fourth-order valence-electron chi connectivity index (χ4n) is 1.30. The molecular formula is C13H14N2S. The maximum atomic E-state index is 4.34. The van der Waals surface area contributed by atoms with Gasteiger partial charge in [0.25, 0.3) is 0 Å². The van der Waals surface area contributed by atoms with E-state index in [9.17, 15) is 0 Å². The summed E-state index contributed by atoms with van der Waals surface area (Å²) in [5.41, 5.74) is 0. The molecule has 2 rings (SSSR count). The van der Waals surface area contributed by atoms with Gasteiger partial charge in [0.2, 0.25) is 0 Å². The predicted octanol–water partition coefficient (Wildman–Crippen LogP) is 3.75. The number of hydrogen-bond acceptors (Lipinski definition) is 3. The standard InChI is InChI=1S/C13H14N2S/c1-10(2)13-14-8-12(9-15-13)16-11-6-4-3-5-7-11/h3-10H,1-2H3. The largest absolute Gasteiger partial charge is 0.240 e. The summed E-state index contributed by atoms with van der Waals surface area (Å²) in [5.74, 6) is 1.29. The van der Waals surface area contributed by atoms with Gasteiger partial charge in [0.15, 0.2) is 0 Å². The van der Waals surface area contributed by atoms with Gasteiger partial charge in [-0.25, -0.2) is 9.97 Å². The lowest BCUT2D eigenvalue weighted by molar-refractivity contribution is 0.766. The molecule has 1 heterocycles. The van der Waals surface area contributed by atoms with Gasteiger partial charge in [0.05, 0.1) is 0 Å². The van der Waals surface area contributed by atoms with Crippen LogP contribution in [0, 0.1) is 0 Å². The van der Waals surface area contributed by atoms with Crippen molar-refractivity contribution in [1.29, 1.82) is 0 Å². The SMILES string of the molecule is CC(C)c1ncc(Sc2ccccc2)cn1. The normalized spacial score (nSPS) is 10.7. The summed E-state index contributed by atoms with van der Waals surface area (Å²) in [6.07, 6.45) is 3.78. The molecule has 0 atom stereocenters. The topological polar surface area (TPSA) is 25.8 Å². The van der Waals surface area contributed by atoms with Gasteiger partial charge < -0.3 is 0 Å². The Morgan fingerprint density at radius 2 is 1.56 bits per heavy atom. The minimum absolute atomic E-state index is 0.385. The lowest BCUT2D eigenvalue weighted by Crippen LogP contribution is -1.95. The van der Waals surface area contributed by atoms with Crippen molar-refractivity contribution in [3.63, 3.8) is 0 Å². The Labute approximate surface area is 100 Å². The molecule has 82 valence electrons. The fourth-order valence-corrected chi connectivity index (χ4v) is 2.08. The van der Waals surface area contributed by atoms with Crippen LogP contribution in [0.2, 0.25) is 0 Å². The summed E-state index contributed by atoms with van der Waals surface area (Å²) in [5, 5.41) is 0. The van der Waals surface area contributed by atoms with Crippen molar-refractivity contribution in [3.05, 3.63) is 48.5 Å². The maximum absolute atomic E-state index is 4.34. The van der Waals surface area contributed by atoms with E-state index in [1.54, 1.807) is 11.8 Å². The van der Waals surface area contributed by atoms with Gasteiger partial charge in [-0.1, -0.05) is 43.8 Å². The summed E-state index contributed by atoms with van der Waals surface area (Å²) in [4.78, 5) is 11.0. The van der Waals surface area contributed by atoms with Crippen LogP contribution in [0.4, 0.5) is 0 Å². The van der Waals surface area contributed by atoms with Crippen molar-refractivity contribution >= 4 is 11.8 Å². The van der Waals surface area contributed by atoms with Gasteiger partial charge >= 0.3 is 0 Å². The van der Waals surface area contributed by atoms with E-state index in [0.29, 0.717) is 5.92 Å². The third-order valence-electron chi connectivity index (χ3n) is 2.14. The van der Waals surface area contributed by atoms with E-state index in [1.807, 2.05) is 30.6 Å². The van der Waals surface area contributed by atoms with Crippen LogP contribution < -0.4 is 0 Å². The number of aromatic nitrogens is 2. The third kappa shape index (κ3) is 2.83. The molecule has 0 saturated carbocycles. The first-order valence-electron chi connectivity index (χ1n) is 5.30. The average Bonchev–Trinajstić information content (AvgIpc) is 2.31. The molecule has 0 amide bonds. The number of rotatable bonds is 3. The van der Waals surface area contributed by atoms with E-state index in [-0.39, 0.29) is 0 Å². The van der Waals surface area contributed by atoms with Gasteiger partial charge in [0.1, 0.15) is 5.82 Å². The second kappa shape index (κ2) is 5.12. The highest BCUT2D eigenvalue weighted by atomic mass is 32.2. The molecule has 0 radical (unpaired) electrons. The first-order chi connectivity index (χ1) is 7.75. The van der Waals surface area contributed by atoms with Crippen LogP contribution in [-0.4, -0.2) is 9.97 Å². The molecule has 0 N–H and O–H groups in total. The Hall–Kier alpha value is -1.35. The lowest BCUT2D eigenvalue weighted by Gasteiger charge is -2.04. The van der Waals surface area contributed by atoms with Crippen molar-refractivity contribution in [1.82, 2.24) is 9.97 Å². The monoisotopic (exact) mass is 230 g/mol. The van der Waals surface area contributed by atoms with Crippen LogP contribution in [0.5, 0.6) is 0 Å². The van der Waals surface area contributed by atoms with Crippen LogP contribution >= 0.6 is 11.8 Å². The molecule has 0 spiro atoms. The summed E-state index contributed by atoms with van der Waals surface area (Å²) in [7, 11) is 0. The summed E-state index contributed by atoms with van der Waals surface area (Å²) >= 11 is 1.68. The van der Waals surface area contributed by atoms with Crippen molar-refractivity contribution < 1.29 is 0 Å².